The number of alkyl carbamates (subject to hydrolysis) is 2. The number of rotatable bonds is 28. The van der Waals surface area contributed by atoms with Crippen molar-refractivity contribution in [2.24, 2.45) is 22.7 Å². The van der Waals surface area contributed by atoms with Crippen molar-refractivity contribution in [3.63, 3.8) is 0 Å². The maximum Gasteiger partial charge on any atom is 0.407 e. The number of ether oxygens (including phenoxy) is 2. The van der Waals surface area contributed by atoms with E-state index in [0.717, 1.165) is 129 Å². The summed E-state index contributed by atoms with van der Waals surface area (Å²) < 4.78 is 10.9. The third-order valence-corrected chi connectivity index (χ3v) is 12.7. The van der Waals surface area contributed by atoms with Crippen LogP contribution in [-0.2, 0) is 19.1 Å². The maximum absolute atomic E-state index is 13.2. The number of carbonyl (C=O) groups is 4. The van der Waals surface area contributed by atoms with Crippen molar-refractivity contribution in [1.29, 1.82) is 0 Å². The molecular weight excluding hydrogens is 709 g/mol. The molecule has 0 bridgehead atoms. The summed E-state index contributed by atoms with van der Waals surface area (Å²) in [6, 6.07) is 0. The molecular formula is C44H82N6O6. The van der Waals surface area contributed by atoms with Crippen LogP contribution in [0.1, 0.15) is 158 Å². The molecule has 0 spiro atoms. The maximum atomic E-state index is 13.2. The molecule has 3 fully saturated rings. The predicted octanol–water partition coefficient (Wildman–Crippen LogP) is 8.00. The third-order valence-electron chi connectivity index (χ3n) is 12.7. The van der Waals surface area contributed by atoms with E-state index >= 15 is 0 Å². The molecule has 0 aromatic heterocycles. The van der Waals surface area contributed by atoms with E-state index in [-0.39, 0.29) is 36.3 Å². The summed E-state index contributed by atoms with van der Waals surface area (Å²) in [6.07, 6.45) is 16.3. The van der Waals surface area contributed by atoms with E-state index in [1.54, 1.807) is 0 Å². The largest absolute Gasteiger partial charge is 0.449 e. The zero-order valence-electron chi connectivity index (χ0n) is 36.9. The van der Waals surface area contributed by atoms with Crippen LogP contribution in [-0.4, -0.2) is 122 Å². The van der Waals surface area contributed by atoms with Gasteiger partial charge in [-0.1, -0.05) is 91.9 Å². The average Bonchev–Trinajstić information content (AvgIpc) is 3.19. The van der Waals surface area contributed by atoms with Crippen LogP contribution in [0.2, 0.25) is 0 Å². The number of β-lactam (4-membered cyclic amide) rings is 2. The summed E-state index contributed by atoms with van der Waals surface area (Å²) in [6.45, 7) is 24.2. The molecule has 56 heavy (non-hydrogen) atoms. The molecule has 0 aliphatic carbocycles. The smallest absolute Gasteiger partial charge is 0.407 e. The SMILES string of the molecule is CCCCC(CC)COC(=O)NCCCCCCN1C(=O)C(C)(C)C1N1CCN(C2N(CCCCCCNC(=O)OCC(CC)CCCC)C(=O)C2(C)C)CC1. The summed E-state index contributed by atoms with van der Waals surface area (Å²) in [5.41, 5.74) is -0.806. The second-order valence-electron chi connectivity index (χ2n) is 18.0. The molecule has 0 saturated carbocycles. The van der Waals surface area contributed by atoms with Crippen molar-refractivity contribution in [1.82, 2.24) is 30.2 Å². The van der Waals surface area contributed by atoms with E-state index in [9.17, 15) is 19.2 Å². The second-order valence-corrected chi connectivity index (χ2v) is 18.0. The minimum Gasteiger partial charge on any atom is -0.449 e. The van der Waals surface area contributed by atoms with Crippen LogP contribution in [0.5, 0.6) is 0 Å². The van der Waals surface area contributed by atoms with Crippen molar-refractivity contribution in [2.45, 2.75) is 170 Å². The van der Waals surface area contributed by atoms with Crippen LogP contribution in [0, 0.1) is 22.7 Å². The first-order chi connectivity index (χ1) is 26.8. The molecule has 2 N–H and O–H groups in total. The summed E-state index contributed by atoms with van der Waals surface area (Å²) in [5, 5.41) is 5.80. The average molecular weight is 791 g/mol. The molecule has 3 aliphatic heterocycles. The highest BCUT2D eigenvalue weighted by Crippen LogP contribution is 2.44. The van der Waals surface area contributed by atoms with E-state index in [1.165, 1.54) is 12.8 Å². The van der Waals surface area contributed by atoms with E-state index in [0.29, 0.717) is 38.1 Å². The van der Waals surface area contributed by atoms with Gasteiger partial charge in [0.05, 0.1) is 36.4 Å². The number of nitrogens with zero attached hydrogens (tertiary/aromatic N) is 4. The van der Waals surface area contributed by atoms with Gasteiger partial charge in [0.15, 0.2) is 0 Å². The van der Waals surface area contributed by atoms with Crippen LogP contribution < -0.4 is 10.6 Å². The highest BCUT2D eigenvalue weighted by atomic mass is 16.6. The van der Waals surface area contributed by atoms with E-state index < -0.39 is 10.8 Å². The van der Waals surface area contributed by atoms with Gasteiger partial charge in [-0.25, -0.2) is 9.59 Å². The minimum atomic E-state index is -0.403. The zero-order chi connectivity index (χ0) is 41.1. The standard InChI is InChI=1S/C44H82N6O6/c1-9-13-23-35(11-3)33-55-41(53)45-25-19-15-17-21-27-49-37(43(5,6)39(49)51)47-29-31-48(32-30-47)38-44(7,8)40(52)50(38)28-22-18-16-20-26-46-42(54)56-34-36(12-4)24-14-10-2/h35-38H,9-34H2,1-8H3,(H,45,53)(H,46,54). The fourth-order valence-corrected chi connectivity index (χ4v) is 9.00. The molecule has 3 saturated heterocycles. The van der Waals surface area contributed by atoms with E-state index in [2.05, 4.69) is 85.6 Å². The Hall–Kier alpha value is -2.60. The molecule has 4 unspecified atom stereocenters. The van der Waals surface area contributed by atoms with Gasteiger partial charge in [0.25, 0.3) is 0 Å². The van der Waals surface area contributed by atoms with Gasteiger partial charge in [-0.05, 0) is 78.1 Å². The fraction of sp³-hybridized carbons (Fsp3) is 0.909. The Bertz CT molecular complexity index is 1100. The van der Waals surface area contributed by atoms with E-state index in [4.69, 9.17) is 9.47 Å². The lowest BCUT2D eigenvalue weighted by atomic mass is 9.76. The number of hydrogen-bond donors (Lipinski definition) is 2. The summed E-state index contributed by atoms with van der Waals surface area (Å²) in [7, 11) is 0. The molecule has 3 heterocycles. The number of hydrogen-bond acceptors (Lipinski definition) is 8. The fourth-order valence-electron chi connectivity index (χ4n) is 9.00. The van der Waals surface area contributed by atoms with Crippen molar-refractivity contribution in [3.05, 3.63) is 0 Å². The Morgan fingerprint density at radius 3 is 1.29 bits per heavy atom. The van der Waals surface area contributed by atoms with Crippen molar-refractivity contribution in [3.8, 4) is 0 Å². The summed E-state index contributed by atoms with van der Waals surface area (Å²) in [5.74, 6) is 1.35. The lowest BCUT2D eigenvalue weighted by Crippen LogP contribution is -2.77. The van der Waals surface area contributed by atoms with Crippen LogP contribution in [0.15, 0.2) is 0 Å². The second kappa shape index (κ2) is 24.4. The Balaban J connectivity index is 1.32. The quantitative estimate of drug-likeness (QED) is 0.0604. The summed E-state index contributed by atoms with van der Waals surface area (Å²) in [4.78, 5) is 59.8. The minimum absolute atomic E-state index is 0.0976. The van der Waals surface area contributed by atoms with Crippen molar-refractivity contribution >= 4 is 24.0 Å². The molecule has 3 aliphatic rings. The molecule has 3 rings (SSSR count). The number of amides is 4. The van der Waals surface area contributed by atoms with Crippen LogP contribution in [0.25, 0.3) is 0 Å². The van der Waals surface area contributed by atoms with Crippen molar-refractivity contribution in [2.75, 3.05) is 65.6 Å². The highest BCUT2D eigenvalue weighted by molar-refractivity contribution is 5.89. The molecule has 4 atom stereocenters. The molecule has 0 aromatic rings. The van der Waals surface area contributed by atoms with Crippen molar-refractivity contribution < 1.29 is 28.7 Å². The number of piperazine rings is 1. The number of carbonyl (C=O) groups excluding carboxylic acids is 4. The van der Waals surface area contributed by atoms with Gasteiger partial charge in [-0.15, -0.1) is 0 Å². The lowest BCUT2D eigenvalue weighted by Gasteiger charge is -2.61. The third kappa shape index (κ3) is 13.8. The first-order valence-corrected chi connectivity index (χ1v) is 22.7. The van der Waals surface area contributed by atoms with Gasteiger partial charge < -0.3 is 29.9 Å². The first kappa shape index (κ1) is 47.8. The molecule has 324 valence electrons. The Kier molecular flexibility index (Phi) is 20.8. The highest BCUT2D eigenvalue weighted by Gasteiger charge is 2.59. The van der Waals surface area contributed by atoms with Gasteiger partial charge >= 0.3 is 12.2 Å². The lowest BCUT2D eigenvalue weighted by molar-refractivity contribution is -0.201. The van der Waals surface area contributed by atoms with Gasteiger partial charge in [0.2, 0.25) is 11.8 Å². The van der Waals surface area contributed by atoms with E-state index in [1.807, 2.05) is 0 Å². The number of likely N-dealkylation sites (tertiary alicyclic amines) is 2. The molecule has 4 amide bonds. The number of unbranched alkanes of at least 4 members (excludes halogenated alkanes) is 8. The monoisotopic (exact) mass is 791 g/mol. The Labute approximate surface area is 340 Å². The number of nitrogens with one attached hydrogen (secondary N) is 2. The summed E-state index contributed by atoms with van der Waals surface area (Å²) >= 11 is 0. The molecule has 12 nitrogen and oxygen atoms in total. The van der Waals surface area contributed by atoms with Gasteiger partial charge in [-0.3, -0.25) is 19.4 Å². The zero-order valence-corrected chi connectivity index (χ0v) is 36.9. The van der Waals surface area contributed by atoms with Crippen LogP contribution in [0.3, 0.4) is 0 Å². The van der Waals surface area contributed by atoms with Crippen LogP contribution >= 0.6 is 0 Å². The Morgan fingerprint density at radius 1 is 0.589 bits per heavy atom. The van der Waals surface area contributed by atoms with Crippen LogP contribution in [0.4, 0.5) is 9.59 Å². The normalized spacial score (nSPS) is 21.9. The van der Waals surface area contributed by atoms with Gasteiger partial charge in [0.1, 0.15) is 0 Å². The van der Waals surface area contributed by atoms with Gasteiger partial charge in [0, 0.05) is 52.4 Å². The Morgan fingerprint density at radius 2 is 0.946 bits per heavy atom. The topological polar surface area (TPSA) is 124 Å². The molecule has 12 heteroatoms. The van der Waals surface area contributed by atoms with Gasteiger partial charge in [-0.2, -0.15) is 0 Å². The first-order valence-electron chi connectivity index (χ1n) is 22.7. The molecule has 0 aromatic carbocycles. The molecule has 0 radical (unpaired) electrons. The predicted molar refractivity (Wildman–Crippen MR) is 224 cm³/mol.